The van der Waals surface area contributed by atoms with Crippen molar-refractivity contribution < 1.29 is 35.1 Å². The molecule has 0 saturated heterocycles. The van der Waals surface area contributed by atoms with Crippen LogP contribution in [0.4, 0.5) is 5.82 Å². The van der Waals surface area contributed by atoms with Crippen LogP contribution < -0.4 is 15.2 Å². The van der Waals surface area contributed by atoms with Gasteiger partial charge in [0.05, 0.1) is 29.8 Å². The molecule has 0 spiro atoms. The Morgan fingerprint density at radius 2 is 1.15 bits per heavy atom. The largest absolute Gasteiger partial charge is 0.497 e. The van der Waals surface area contributed by atoms with Crippen LogP contribution in [0.3, 0.4) is 0 Å². The molecule has 0 radical (unpaired) electrons. The molecule has 3 aromatic carbocycles. The summed E-state index contributed by atoms with van der Waals surface area (Å²) in [5.41, 5.74) is 10.1. The molecule has 0 aliphatic heterocycles. The lowest BCUT2D eigenvalue weighted by Crippen LogP contribution is -2.05. The molecule has 8 aromatic rings. The number of hydrogen-bond acceptors (Lipinski definition) is 14. The third kappa shape index (κ3) is 9.80. The fourth-order valence-electron chi connectivity index (χ4n) is 4.98. The predicted octanol–water partition coefficient (Wildman–Crippen LogP) is 7.36. The fraction of sp³-hybridized carbons (Fsp3) is 0.0789. The highest BCUT2D eigenvalue weighted by atomic mass is 35.7. The molecule has 0 amide bonds. The van der Waals surface area contributed by atoms with Crippen LogP contribution in [-0.4, -0.2) is 56.0 Å². The molecule has 17 heteroatoms. The Bertz CT molecular complexity index is 2710. The number of oxazole rings is 2. The number of fused-ring (bicyclic) bond motifs is 2. The highest BCUT2D eigenvalue weighted by molar-refractivity contribution is 8.13. The van der Waals surface area contributed by atoms with Gasteiger partial charge in [0.15, 0.2) is 32.3 Å². The van der Waals surface area contributed by atoms with Gasteiger partial charge in [0.25, 0.3) is 9.05 Å². The van der Waals surface area contributed by atoms with Crippen molar-refractivity contribution in [1.29, 1.82) is 0 Å². The number of rotatable bonds is 8. The van der Waals surface area contributed by atoms with E-state index < -0.39 is 18.9 Å². The van der Waals surface area contributed by atoms with Crippen LogP contribution in [0.1, 0.15) is 5.56 Å². The Balaban J connectivity index is 0.000000155. The third-order valence-electron chi connectivity index (χ3n) is 7.65. The monoisotopic (exact) mass is 798 g/mol. The number of sulfone groups is 1. The summed E-state index contributed by atoms with van der Waals surface area (Å²) >= 11 is 0. The van der Waals surface area contributed by atoms with Gasteiger partial charge in [-0.25, -0.2) is 31.8 Å². The Kier molecular flexibility index (Phi) is 11.7. The number of benzene rings is 3. The van der Waals surface area contributed by atoms with Crippen LogP contribution >= 0.6 is 10.7 Å². The zero-order valence-corrected chi connectivity index (χ0v) is 31.5. The van der Waals surface area contributed by atoms with E-state index in [0.717, 1.165) is 5.56 Å². The maximum Gasteiger partial charge on any atom is 0.261 e. The maximum atomic E-state index is 12.7. The number of pyridine rings is 3. The van der Waals surface area contributed by atoms with Gasteiger partial charge in [0.1, 0.15) is 17.3 Å². The first-order chi connectivity index (χ1) is 26.4. The van der Waals surface area contributed by atoms with Crippen LogP contribution in [0.5, 0.6) is 11.5 Å². The molecule has 0 bridgehead atoms. The first-order valence-corrected chi connectivity index (χ1v) is 20.1. The molecular weight excluding hydrogens is 768 g/mol. The molecule has 8 rings (SSSR count). The van der Waals surface area contributed by atoms with Gasteiger partial charge in [-0.1, -0.05) is 12.1 Å². The van der Waals surface area contributed by atoms with Crippen LogP contribution in [0.2, 0.25) is 0 Å². The summed E-state index contributed by atoms with van der Waals surface area (Å²) in [6, 6.07) is 30.1. The van der Waals surface area contributed by atoms with E-state index in [9.17, 15) is 16.8 Å². The molecule has 2 N–H and O–H groups in total. The average Bonchev–Trinajstić information content (AvgIpc) is 3.83. The van der Waals surface area contributed by atoms with Gasteiger partial charge in [-0.2, -0.15) is 9.97 Å². The topological polar surface area (TPSA) is 203 Å². The van der Waals surface area contributed by atoms with Crippen molar-refractivity contribution in [2.75, 3.05) is 20.0 Å². The van der Waals surface area contributed by atoms with E-state index in [0.29, 0.717) is 62.7 Å². The van der Waals surface area contributed by atoms with Gasteiger partial charge < -0.3 is 24.0 Å². The summed E-state index contributed by atoms with van der Waals surface area (Å²) in [5, 5.41) is 0. The molecule has 0 aliphatic rings. The molecule has 0 unspecified atom stereocenters. The lowest BCUT2D eigenvalue weighted by Gasteiger charge is -2.07. The van der Waals surface area contributed by atoms with E-state index in [4.69, 9.17) is 34.7 Å². The van der Waals surface area contributed by atoms with E-state index in [1.807, 2.05) is 12.1 Å². The fourth-order valence-corrected chi connectivity index (χ4v) is 7.09. The Hall–Kier alpha value is -6.36. The van der Waals surface area contributed by atoms with E-state index in [2.05, 4.69) is 24.9 Å². The molecule has 14 nitrogen and oxygen atoms in total. The van der Waals surface area contributed by atoms with E-state index in [1.54, 1.807) is 91.4 Å². The summed E-state index contributed by atoms with van der Waals surface area (Å²) in [6.07, 6.45) is 4.94. The third-order valence-corrected chi connectivity index (χ3v) is 10.7. The minimum Gasteiger partial charge on any atom is -0.497 e. The van der Waals surface area contributed by atoms with Crippen molar-refractivity contribution in [2.45, 2.75) is 15.5 Å². The van der Waals surface area contributed by atoms with Gasteiger partial charge in [-0.15, -0.1) is 0 Å². The molecule has 0 atom stereocenters. The highest BCUT2D eigenvalue weighted by Crippen LogP contribution is 2.27. The van der Waals surface area contributed by atoms with Crippen LogP contribution in [0, 0.1) is 0 Å². The molecular formula is C38H31ClN6O8S2. The minimum absolute atomic E-state index is 0.0740. The number of ether oxygens (including phenoxy) is 2. The quantitative estimate of drug-likeness (QED) is 0.149. The Labute approximate surface area is 319 Å². The molecule has 5 aromatic heterocycles. The normalized spacial score (nSPS) is 11.3. The number of nitrogens with two attached hydrogens (primary N) is 1. The van der Waals surface area contributed by atoms with Crippen molar-refractivity contribution >= 4 is 57.8 Å². The number of aromatic nitrogens is 5. The van der Waals surface area contributed by atoms with Crippen LogP contribution in [0.25, 0.3) is 45.4 Å². The minimum atomic E-state index is -3.61. The van der Waals surface area contributed by atoms with Crippen molar-refractivity contribution in [3.8, 4) is 34.4 Å². The number of nitrogen functional groups attached to an aromatic ring is 1. The summed E-state index contributed by atoms with van der Waals surface area (Å²) in [6.45, 7) is 0. The smallest absolute Gasteiger partial charge is 0.261 e. The lowest BCUT2D eigenvalue weighted by molar-refractivity contribution is 0.414. The second kappa shape index (κ2) is 16.8. The summed E-state index contributed by atoms with van der Waals surface area (Å²) in [7, 11) is 1.04. The zero-order chi connectivity index (χ0) is 39.0. The Morgan fingerprint density at radius 3 is 1.64 bits per heavy atom. The number of nitrogens with zero attached hydrogens (tertiary/aromatic N) is 5. The molecule has 0 fully saturated rings. The van der Waals surface area contributed by atoms with Crippen molar-refractivity contribution in [1.82, 2.24) is 24.9 Å². The predicted molar refractivity (Wildman–Crippen MR) is 207 cm³/mol. The van der Waals surface area contributed by atoms with Crippen molar-refractivity contribution in [3.63, 3.8) is 0 Å². The first-order valence-electron chi connectivity index (χ1n) is 16.1. The van der Waals surface area contributed by atoms with Crippen LogP contribution in [0.15, 0.2) is 146 Å². The summed E-state index contributed by atoms with van der Waals surface area (Å²) < 4.78 is 68.1. The van der Waals surface area contributed by atoms with Crippen molar-refractivity contribution in [3.05, 3.63) is 133 Å². The standard InChI is InChI=1S/C20H16N2O4S.C11H8N4O.C7H7ClO3S/c1-25-16-7-9-17(10-8-16)27(23,24)13-14-4-2-5-15(12-14)20-22-19-18(26-20)6-3-11-21-19;12-9-6-7(3-5-13-9)11-15-10-8(16-11)2-1-4-14-10;1-11-6-2-4-7(5-3-6)12(8,9)10/h2-12H,13H2,1H3;1-6H,(H2,12,13);2-5H,1H3. The number of methoxy groups -OCH3 is 2. The number of hydrogen-bond donors (Lipinski definition) is 1. The van der Waals surface area contributed by atoms with Gasteiger partial charge >= 0.3 is 0 Å². The highest BCUT2D eigenvalue weighted by Gasteiger charge is 2.17. The second-order valence-electron chi connectivity index (χ2n) is 11.4. The summed E-state index contributed by atoms with van der Waals surface area (Å²) in [4.78, 5) is 21.1. The van der Waals surface area contributed by atoms with Gasteiger partial charge in [0, 0.05) is 40.4 Å². The van der Waals surface area contributed by atoms with Gasteiger partial charge in [-0.3, -0.25) is 0 Å². The van der Waals surface area contributed by atoms with Crippen LogP contribution in [-0.2, 0) is 24.6 Å². The zero-order valence-electron chi connectivity index (χ0n) is 29.1. The molecule has 55 heavy (non-hydrogen) atoms. The maximum absolute atomic E-state index is 12.7. The molecule has 0 aliphatic carbocycles. The average molecular weight is 799 g/mol. The SMILES string of the molecule is COc1ccc(S(=O)(=O)Cc2cccc(-c3nc4ncccc4o3)c2)cc1.COc1ccc(S(=O)(=O)Cl)cc1.Nc1cc(-c2nc3ncccc3o2)ccn1. The van der Waals surface area contributed by atoms with E-state index in [-0.39, 0.29) is 15.5 Å². The van der Waals surface area contributed by atoms with E-state index >= 15 is 0 Å². The molecule has 280 valence electrons. The van der Waals surface area contributed by atoms with Crippen molar-refractivity contribution in [2.24, 2.45) is 0 Å². The first kappa shape index (κ1) is 38.4. The number of anilines is 1. The number of halogens is 1. The molecule has 5 heterocycles. The second-order valence-corrected chi connectivity index (χ2v) is 16.0. The molecule has 0 saturated carbocycles. The Morgan fingerprint density at radius 1 is 0.618 bits per heavy atom. The summed E-state index contributed by atoms with van der Waals surface area (Å²) in [5.74, 6) is 2.44. The van der Waals surface area contributed by atoms with E-state index in [1.165, 1.54) is 38.5 Å². The van der Waals surface area contributed by atoms with Gasteiger partial charge in [-0.05, 0) is 103 Å². The lowest BCUT2D eigenvalue weighted by atomic mass is 10.1. The van der Waals surface area contributed by atoms with Gasteiger partial charge in [0.2, 0.25) is 11.8 Å².